The quantitative estimate of drug-likeness (QED) is 0.619. The Morgan fingerprint density at radius 3 is 2.65 bits per heavy atom. The van der Waals surface area contributed by atoms with Gasteiger partial charge in [0.2, 0.25) is 5.75 Å². The van der Waals surface area contributed by atoms with Gasteiger partial charge < -0.3 is 4.74 Å². The minimum Gasteiger partial charge on any atom is -0.450 e. The number of aryl methyl sites for hydroxylation is 1. The molecule has 0 N–H and O–H groups in total. The Labute approximate surface area is 123 Å². The van der Waals surface area contributed by atoms with E-state index >= 15 is 0 Å². The fourth-order valence-electron chi connectivity index (χ4n) is 1.62. The molecule has 0 radical (unpaired) electrons. The topological polar surface area (TPSA) is 76.2 Å². The zero-order valence-electron chi connectivity index (χ0n) is 10.5. The molecule has 0 heterocycles. The number of halogens is 1. The Hall–Kier alpha value is -2.39. The molecule has 6 heteroatoms. The maximum atomic E-state index is 11.0. The highest BCUT2D eigenvalue weighted by molar-refractivity contribution is 9.10. The summed E-state index contributed by atoms with van der Waals surface area (Å²) in [6, 6.07) is 11.4. The van der Waals surface area contributed by atoms with Crippen LogP contribution in [0.15, 0.2) is 40.9 Å². The largest absolute Gasteiger partial charge is 0.450 e. The predicted octanol–water partition coefficient (Wildman–Crippen LogP) is 4.33. The molecule has 0 bridgehead atoms. The first-order valence-electron chi connectivity index (χ1n) is 5.64. The van der Waals surface area contributed by atoms with Crippen LogP contribution in [0.4, 0.5) is 5.69 Å². The van der Waals surface area contributed by atoms with Gasteiger partial charge in [0, 0.05) is 10.5 Å². The summed E-state index contributed by atoms with van der Waals surface area (Å²) in [5, 5.41) is 19.8. The molecule has 0 aliphatic rings. The monoisotopic (exact) mass is 332 g/mol. The van der Waals surface area contributed by atoms with E-state index in [-0.39, 0.29) is 17.0 Å². The van der Waals surface area contributed by atoms with Crippen LogP contribution in [-0.4, -0.2) is 4.92 Å². The van der Waals surface area contributed by atoms with E-state index < -0.39 is 4.92 Å². The summed E-state index contributed by atoms with van der Waals surface area (Å²) in [5.41, 5.74) is 0.838. The second kappa shape index (κ2) is 5.72. The van der Waals surface area contributed by atoms with E-state index in [2.05, 4.69) is 15.9 Å². The first-order valence-corrected chi connectivity index (χ1v) is 6.43. The second-order valence-electron chi connectivity index (χ2n) is 4.06. The highest BCUT2D eigenvalue weighted by atomic mass is 79.9. The van der Waals surface area contributed by atoms with Crippen molar-refractivity contribution in [1.82, 2.24) is 0 Å². The Balaban J connectivity index is 2.46. The van der Waals surface area contributed by atoms with Crippen molar-refractivity contribution >= 4 is 21.6 Å². The summed E-state index contributed by atoms with van der Waals surface area (Å²) in [7, 11) is 0. The van der Waals surface area contributed by atoms with Gasteiger partial charge in [-0.2, -0.15) is 5.26 Å². The van der Waals surface area contributed by atoms with Crippen molar-refractivity contribution in [3.05, 3.63) is 62.1 Å². The zero-order valence-corrected chi connectivity index (χ0v) is 12.0. The van der Waals surface area contributed by atoms with Gasteiger partial charge in [-0.05, 0) is 36.8 Å². The summed E-state index contributed by atoms with van der Waals surface area (Å²) < 4.78 is 6.42. The molecule has 0 saturated heterocycles. The van der Waals surface area contributed by atoms with Gasteiger partial charge in [0.15, 0.2) is 0 Å². The third kappa shape index (κ3) is 2.95. The number of rotatable bonds is 3. The maximum Gasteiger partial charge on any atom is 0.312 e. The van der Waals surface area contributed by atoms with Crippen molar-refractivity contribution in [2.75, 3.05) is 0 Å². The van der Waals surface area contributed by atoms with Crippen LogP contribution in [0.2, 0.25) is 0 Å². The summed E-state index contributed by atoms with van der Waals surface area (Å²) >= 11 is 3.32. The molecular weight excluding hydrogens is 324 g/mol. The van der Waals surface area contributed by atoms with Crippen LogP contribution in [0.5, 0.6) is 11.5 Å². The summed E-state index contributed by atoms with van der Waals surface area (Å²) in [6.45, 7) is 1.84. The Bertz CT molecular complexity index is 723. The third-order valence-electron chi connectivity index (χ3n) is 2.65. The second-order valence-corrected chi connectivity index (χ2v) is 4.98. The van der Waals surface area contributed by atoms with Crippen molar-refractivity contribution in [3.8, 4) is 17.6 Å². The van der Waals surface area contributed by atoms with Gasteiger partial charge in [0.25, 0.3) is 0 Å². The molecule has 2 aromatic carbocycles. The van der Waals surface area contributed by atoms with Gasteiger partial charge in [0.1, 0.15) is 5.75 Å². The first kappa shape index (κ1) is 14.0. The van der Waals surface area contributed by atoms with Gasteiger partial charge in [-0.1, -0.05) is 22.0 Å². The highest BCUT2D eigenvalue weighted by Gasteiger charge is 2.17. The van der Waals surface area contributed by atoms with E-state index in [1.807, 2.05) is 25.1 Å². The Morgan fingerprint density at radius 2 is 2.00 bits per heavy atom. The molecule has 0 spiro atoms. The van der Waals surface area contributed by atoms with Crippen LogP contribution in [0.3, 0.4) is 0 Å². The summed E-state index contributed by atoms with van der Waals surface area (Å²) in [6.07, 6.45) is 0. The van der Waals surface area contributed by atoms with E-state index in [0.717, 1.165) is 10.0 Å². The molecule has 100 valence electrons. The van der Waals surface area contributed by atoms with Gasteiger partial charge in [-0.3, -0.25) is 10.1 Å². The van der Waals surface area contributed by atoms with Gasteiger partial charge in [0.05, 0.1) is 16.6 Å². The number of benzene rings is 2. The fraction of sp³-hybridized carbons (Fsp3) is 0.0714. The molecule has 0 amide bonds. The lowest BCUT2D eigenvalue weighted by Gasteiger charge is -2.09. The molecular formula is C14H9BrN2O3. The summed E-state index contributed by atoms with van der Waals surface area (Å²) in [5.74, 6) is 0.627. The third-order valence-corrected chi connectivity index (χ3v) is 3.15. The first-order chi connectivity index (χ1) is 9.51. The average molecular weight is 333 g/mol. The lowest BCUT2D eigenvalue weighted by atomic mass is 10.2. The molecule has 2 rings (SSSR count). The van der Waals surface area contributed by atoms with Crippen LogP contribution < -0.4 is 4.74 Å². The Morgan fingerprint density at radius 1 is 1.25 bits per heavy atom. The number of hydrogen-bond acceptors (Lipinski definition) is 4. The van der Waals surface area contributed by atoms with Crippen LogP contribution >= 0.6 is 15.9 Å². The van der Waals surface area contributed by atoms with Crippen LogP contribution in [0.25, 0.3) is 0 Å². The van der Waals surface area contributed by atoms with Gasteiger partial charge >= 0.3 is 5.69 Å². The average Bonchev–Trinajstić information content (AvgIpc) is 2.43. The van der Waals surface area contributed by atoms with Crippen LogP contribution in [-0.2, 0) is 0 Å². The van der Waals surface area contributed by atoms with Crippen LogP contribution in [0.1, 0.15) is 11.1 Å². The zero-order chi connectivity index (χ0) is 14.7. The smallest absolute Gasteiger partial charge is 0.312 e. The number of nitrogens with zero attached hydrogens (tertiary/aromatic N) is 2. The van der Waals surface area contributed by atoms with E-state index in [9.17, 15) is 10.1 Å². The van der Waals surface area contributed by atoms with Crippen molar-refractivity contribution in [3.63, 3.8) is 0 Å². The predicted molar refractivity (Wildman–Crippen MR) is 76.8 cm³/mol. The molecule has 0 unspecified atom stereocenters. The molecule has 2 aromatic rings. The molecule has 0 saturated carbocycles. The van der Waals surface area contributed by atoms with Gasteiger partial charge in [-0.25, -0.2) is 0 Å². The maximum absolute atomic E-state index is 11.0. The van der Waals surface area contributed by atoms with E-state index in [1.165, 1.54) is 18.2 Å². The lowest BCUT2D eigenvalue weighted by Crippen LogP contribution is -1.95. The molecule has 0 atom stereocenters. The van der Waals surface area contributed by atoms with Gasteiger partial charge in [-0.15, -0.1) is 0 Å². The molecule has 5 nitrogen and oxygen atoms in total. The van der Waals surface area contributed by atoms with E-state index in [1.54, 1.807) is 6.07 Å². The molecule has 0 aliphatic heterocycles. The fourth-order valence-corrected chi connectivity index (χ4v) is 1.96. The standard InChI is InChI=1S/C14H9BrN2O3/c1-9-2-4-11(15)7-14(9)20-13-5-3-10(8-16)6-12(13)17(18)19/h2-7H,1H3. The SMILES string of the molecule is Cc1ccc(Br)cc1Oc1ccc(C#N)cc1[N+](=O)[O-]. The number of nitro benzene ring substituents is 1. The molecule has 0 aromatic heterocycles. The van der Waals surface area contributed by atoms with Crippen molar-refractivity contribution in [2.45, 2.75) is 6.92 Å². The number of nitriles is 1. The molecule has 0 aliphatic carbocycles. The number of ether oxygens (including phenoxy) is 1. The normalized spacial score (nSPS) is 9.85. The minimum absolute atomic E-state index is 0.107. The van der Waals surface area contributed by atoms with Crippen molar-refractivity contribution in [1.29, 1.82) is 5.26 Å². The number of hydrogen-bond donors (Lipinski definition) is 0. The summed E-state index contributed by atoms with van der Waals surface area (Å²) in [4.78, 5) is 10.5. The lowest BCUT2D eigenvalue weighted by molar-refractivity contribution is -0.385. The number of nitro groups is 1. The Kier molecular flexibility index (Phi) is 4.01. The van der Waals surface area contributed by atoms with Crippen molar-refractivity contribution < 1.29 is 9.66 Å². The van der Waals surface area contributed by atoms with Crippen molar-refractivity contribution in [2.24, 2.45) is 0 Å². The van der Waals surface area contributed by atoms with Crippen LogP contribution in [0, 0.1) is 28.4 Å². The molecule has 20 heavy (non-hydrogen) atoms. The van der Waals surface area contributed by atoms with E-state index in [0.29, 0.717) is 5.75 Å². The highest BCUT2D eigenvalue weighted by Crippen LogP contribution is 2.34. The molecule has 0 fully saturated rings. The van der Waals surface area contributed by atoms with E-state index in [4.69, 9.17) is 10.00 Å². The minimum atomic E-state index is -0.566.